The van der Waals surface area contributed by atoms with Gasteiger partial charge < -0.3 is 9.30 Å². The van der Waals surface area contributed by atoms with E-state index in [0.29, 0.717) is 23.0 Å². The molecular formula is C21H17ClFN9O. The predicted octanol–water partition coefficient (Wildman–Crippen LogP) is 3.01. The van der Waals surface area contributed by atoms with Crippen molar-refractivity contribution in [3.63, 3.8) is 0 Å². The molecule has 0 saturated heterocycles. The van der Waals surface area contributed by atoms with Crippen molar-refractivity contribution in [2.75, 3.05) is 0 Å². The summed E-state index contributed by atoms with van der Waals surface area (Å²) >= 11 is 5.97. The number of nitrogens with zero attached hydrogens (tertiary/aromatic N) is 8. The van der Waals surface area contributed by atoms with Crippen LogP contribution in [-0.2, 0) is 13.1 Å². The lowest BCUT2D eigenvalue weighted by molar-refractivity contribution is 0.0720. The van der Waals surface area contributed by atoms with Crippen molar-refractivity contribution >= 4 is 28.7 Å². The molecular weight excluding hydrogens is 449 g/mol. The number of fused-ring (bicyclic) bond motifs is 2. The van der Waals surface area contributed by atoms with E-state index in [9.17, 15) is 9.18 Å². The van der Waals surface area contributed by atoms with Crippen molar-refractivity contribution < 1.29 is 9.18 Å². The summed E-state index contributed by atoms with van der Waals surface area (Å²) in [6, 6.07) is 3.48. The number of imidazole rings is 2. The molecule has 5 aromatic rings. The number of pyridine rings is 1. The van der Waals surface area contributed by atoms with Crippen LogP contribution in [0.4, 0.5) is 4.39 Å². The zero-order chi connectivity index (χ0) is 22.5. The molecule has 5 heterocycles. The Bertz CT molecular complexity index is 1490. The molecule has 0 spiro atoms. The van der Waals surface area contributed by atoms with Gasteiger partial charge in [-0.1, -0.05) is 16.8 Å². The van der Waals surface area contributed by atoms with Gasteiger partial charge in [-0.05, 0) is 36.5 Å². The van der Waals surface area contributed by atoms with Crippen molar-refractivity contribution in [2.45, 2.75) is 31.8 Å². The van der Waals surface area contributed by atoms with Gasteiger partial charge in [0.2, 0.25) is 0 Å². The van der Waals surface area contributed by atoms with Crippen LogP contribution in [0.3, 0.4) is 0 Å². The number of H-pyrrole nitrogens is 1. The van der Waals surface area contributed by atoms with Crippen LogP contribution in [0.15, 0.2) is 43.2 Å². The van der Waals surface area contributed by atoms with Crippen molar-refractivity contribution in [1.29, 1.82) is 0 Å². The molecule has 0 aromatic carbocycles. The summed E-state index contributed by atoms with van der Waals surface area (Å²) in [6.07, 6.45) is 10.5. The number of hydrogen-bond donors (Lipinski definition) is 1. The Kier molecular flexibility index (Phi) is 4.57. The summed E-state index contributed by atoms with van der Waals surface area (Å²) in [5.41, 5.74) is 3.24. The molecule has 0 unspecified atom stereocenters. The van der Waals surface area contributed by atoms with Crippen LogP contribution in [0.2, 0.25) is 5.02 Å². The Hall–Kier alpha value is -3.86. The smallest absolute Gasteiger partial charge is 0.276 e. The first kappa shape index (κ1) is 19.8. The van der Waals surface area contributed by atoms with Crippen molar-refractivity contribution in [1.82, 2.24) is 44.3 Å². The van der Waals surface area contributed by atoms with E-state index in [-0.39, 0.29) is 29.3 Å². The Balaban J connectivity index is 1.35. The van der Waals surface area contributed by atoms with E-state index in [1.807, 2.05) is 12.3 Å². The second kappa shape index (κ2) is 7.62. The summed E-state index contributed by atoms with van der Waals surface area (Å²) in [4.78, 5) is 23.6. The molecule has 12 heteroatoms. The Labute approximate surface area is 191 Å². The molecule has 1 N–H and O–H groups in total. The van der Waals surface area contributed by atoms with Gasteiger partial charge in [0.25, 0.3) is 5.91 Å². The van der Waals surface area contributed by atoms with E-state index in [1.165, 1.54) is 46.3 Å². The molecule has 1 amide bonds. The van der Waals surface area contributed by atoms with E-state index < -0.39 is 11.7 Å². The molecule has 0 radical (unpaired) electrons. The van der Waals surface area contributed by atoms with Crippen LogP contribution in [0.1, 0.15) is 46.2 Å². The second-order valence-electron chi connectivity index (χ2n) is 8.04. The SMILES string of the molecule is O=C(c1c[nH]nn1)N(Cc1cn2ncc(C3CC3)cc2n1)Cc1ncn2ccc(Cl)c(F)c12. The highest BCUT2D eigenvalue weighted by Crippen LogP contribution is 2.39. The number of amides is 1. The molecule has 33 heavy (non-hydrogen) atoms. The zero-order valence-corrected chi connectivity index (χ0v) is 17.9. The normalized spacial score (nSPS) is 13.8. The first-order valence-electron chi connectivity index (χ1n) is 10.4. The molecule has 1 aliphatic rings. The quantitative estimate of drug-likeness (QED) is 0.413. The number of aromatic nitrogens is 8. The number of aromatic amines is 1. The fourth-order valence-corrected chi connectivity index (χ4v) is 4.05. The van der Waals surface area contributed by atoms with Crippen LogP contribution < -0.4 is 0 Å². The van der Waals surface area contributed by atoms with Crippen LogP contribution in [0, 0.1) is 5.82 Å². The first-order chi connectivity index (χ1) is 16.1. The van der Waals surface area contributed by atoms with Gasteiger partial charge >= 0.3 is 0 Å². The van der Waals surface area contributed by atoms with E-state index in [2.05, 4.69) is 30.5 Å². The summed E-state index contributed by atoms with van der Waals surface area (Å²) in [7, 11) is 0. The predicted molar refractivity (Wildman–Crippen MR) is 115 cm³/mol. The molecule has 1 fully saturated rings. The van der Waals surface area contributed by atoms with E-state index in [4.69, 9.17) is 11.6 Å². The summed E-state index contributed by atoms with van der Waals surface area (Å²) in [5, 5.41) is 14.4. The molecule has 5 aromatic heterocycles. The van der Waals surface area contributed by atoms with Gasteiger partial charge in [0.15, 0.2) is 17.2 Å². The Morgan fingerprint density at radius 1 is 1.33 bits per heavy atom. The van der Waals surface area contributed by atoms with Crippen LogP contribution in [0.25, 0.3) is 11.2 Å². The topological polar surface area (TPSA) is 109 Å². The summed E-state index contributed by atoms with van der Waals surface area (Å²) in [5.74, 6) is -0.426. The van der Waals surface area contributed by atoms with Gasteiger partial charge in [-0.3, -0.25) is 9.89 Å². The summed E-state index contributed by atoms with van der Waals surface area (Å²) in [6.45, 7) is 0.170. The van der Waals surface area contributed by atoms with Crippen molar-refractivity contribution in [3.8, 4) is 0 Å². The van der Waals surface area contributed by atoms with E-state index >= 15 is 0 Å². The highest BCUT2D eigenvalue weighted by atomic mass is 35.5. The molecule has 0 atom stereocenters. The molecule has 0 bridgehead atoms. The van der Waals surface area contributed by atoms with Crippen LogP contribution >= 0.6 is 11.6 Å². The third-order valence-electron chi connectivity index (χ3n) is 5.73. The first-order valence-corrected chi connectivity index (χ1v) is 10.7. The van der Waals surface area contributed by atoms with Crippen molar-refractivity contribution in [3.05, 3.63) is 76.7 Å². The fourth-order valence-electron chi connectivity index (χ4n) is 3.90. The Morgan fingerprint density at radius 2 is 2.21 bits per heavy atom. The highest BCUT2D eigenvalue weighted by Gasteiger charge is 2.26. The van der Waals surface area contributed by atoms with E-state index in [1.54, 1.807) is 16.9 Å². The Morgan fingerprint density at radius 3 is 3.00 bits per heavy atom. The third-order valence-corrected chi connectivity index (χ3v) is 6.02. The van der Waals surface area contributed by atoms with Crippen molar-refractivity contribution in [2.24, 2.45) is 0 Å². The van der Waals surface area contributed by atoms with Gasteiger partial charge in [0.05, 0.1) is 54.4 Å². The number of rotatable bonds is 6. The molecule has 166 valence electrons. The van der Waals surface area contributed by atoms with Crippen LogP contribution in [-0.4, -0.2) is 50.2 Å². The maximum Gasteiger partial charge on any atom is 0.276 e. The molecule has 6 rings (SSSR count). The lowest BCUT2D eigenvalue weighted by atomic mass is 10.2. The maximum absolute atomic E-state index is 14.7. The largest absolute Gasteiger partial charge is 0.325 e. The van der Waals surface area contributed by atoms with Gasteiger partial charge in [0, 0.05) is 6.20 Å². The zero-order valence-electron chi connectivity index (χ0n) is 17.2. The third kappa shape index (κ3) is 3.59. The standard InChI is InChI=1S/C21H17ClFN9O/c22-15-3-4-30-11-24-17(20(30)19(15)23)10-31(21(33)16-7-25-29-28-16)8-14-9-32-18(27-14)5-13(6-26-32)12-1-2-12/h3-7,9,11-12H,1-2,8,10H2,(H,25,28,29). The highest BCUT2D eigenvalue weighted by molar-refractivity contribution is 6.31. The molecule has 0 aliphatic heterocycles. The minimum Gasteiger partial charge on any atom is -0.325 e. The average molecular weight is 466 g/mol. The van der Waals surface area contributed by atoms with Gasteiger partial charge in [0.1, 0.15) is 5.52 Å². The monoisotopic (exact) mass is 465 g/mol. The minimum absolute atomic E-state index is 0.0171. The van der Waals surface area contributed by atoms with Crippen LogP contribution in [0.5, 0.6) is 0 Å². The van der Waals surface area contributed by atoms with Gasteiger partial charge in [-0.25, -0.2) is 18.9 Å². The molecule has 1 aliphatic carbocycles. The number of hydrogen-bond acceptors (Lipinski definition) is 6. The van der Waals surface area contributed by atoms with Gasteiger partial charge in [-0.2, -0.15) is 5.10 Å². The number of nitrogens with one attached hydrogen (secondary N) is 1. The minimum atomic E-state index is -0.593. The second-order valence-corrected chi connectivity index (χ2v) is 8.45. The molecule has 10 nitrogen and oxygen atoms in total. The van der Waals surface area contributed by atoms with Gasteiger partial charge in [-0.15, -0.1) is 5.10 Å². The average Bonchev–Trinajstić information content (AvgIpc) is 3.21. The number of halogens is 2. The molecule has 1 saturated carbocycles. The van der Waals surface area contributed by atoms with E-state index in [0.717, 1.165) is 0 Å². The maximum atomic E-state index is 14.7. The lowest BCUT2D eigenvalue weighted by Crippen LogP contribution is -2.31. The number of carbonyl (C=O) groups excluding carboxylic acids is 1. The lowest BCUT2D eigenvalue weighted by Gasteiger charge is -2.20. The fraction of sp³-hybridized carbons (Fsp3) is 0.238. The summed E-state index contributed by atoms with van der Waals surface area (Å²) < 4.78 is 18.0. The number of carbonyl (C=O) groups is 1.